The van der Waals surface area contributed by atoms with E-state index in [1.54, 1.807) is 0 Å². The van der Waals surface area contributed by atoms with Gasteiger partial charge in [0.15, 0.2) is 11.5 Å². The zero-order chi connectivity index (χ0) is 33.9. The summed E-state index contributed by atoms with van der Waals surface area (Å²) < 4.78 is 13.8. The van der Waals surface area contributed by atoms with Gasteiger partial charge in [-0.3, -0.25) is 0 Å². The number of rotatable bonds is 3. The molecular weight excluding hydrogens is 635 g/mol. The van der Waals surface area contributed by atoms with Crippen LogP contribution in [-0.4, -0.2) is 13.7 Å². The fraction of sp³-hybridized carbons (Fsp3) is 0. The third-order valence-electron chi connectivity index (χ3n) is 11.0. The van der Waals surface area contributed by atoms with Crippen LogP contribution in [0.15, 0.2) is 176 Å². The highest BCUT2D eigenvalue weighted by atomic mass is 16.5. The molecular formula is C48H29N3O. The van der Waals surface area contributed by atoms with Gasteiger partial charge in [-0.15, -0.1) is 0 Å². The molecule has 4 heteroatoms. The van der Waals surface area contributed by atoms with Crippen LogP contribution >= 0.6 is 0 Å². The second-order valence-corrected chi connectivity index (χ2v) is 13.8. The largest absolute Gasteiger partial charge is 0.453 e. The van der Waals surface area contributed by atoms with Crippen LogP contribution in [0.1, 0.15) is 0 Å². The van der Waals surface area contributed by atoms with Crippen molar-refractivity contribution < 1.29 is 4.74 Å². The molecule has 0 unspecified atom stereocenters. The Morgan fingerprint density at radius 1 is 0.308 bits per heavy atom. The van der Waals surface area contributed by atoms with E-state index in [-0.39, 0.29) is 0 Å². The summed E-state index contributed by atoms with van der Waals surface area (Å²) in [6.07, 6.45) is 0. The molecule has 12 rings (SSSR count). The Morgan fingerprint density at radius 2 is 0.808 bits per heavy atom. The Labute approximate surface area is 298 Å². The Bertz CT molecular complexity index is 3270. The average Bonchev–Trinajstić information content (AvgIpc) is 3.84. The van der Waals surface area contributed by atoms with Gasteiger partial charge in [0.1, 0.15) is 0 Å². The molecule has 52 heavy (non-hydrogen) atoms. The number of hydrogen-bond acceptors (Lipinski definition) is 1. The van der Waals surface area contributed by atoms with Gasteiger partial charge >= 0.3 is 0 Å². The summed E-state index contributed by atoms with van der Waals surface area (Å²) in [6, 6.07) is 63.5. The fourth-order valence-corrected chi connectivity index (χ4v) is 8.79. The van der Waals surface area contributed by atoms with Gasteiger partial charge in [0, 0.05) is 44.1 Å². The minimum Gasteiger partial charge on any atom is -0.453 e. The van der Waals surface area contributed by atoms with E-state index in [1.807, 2.05) is 6.07 Å². The maximum absolute atomic E-state index is 6.68. The number of para-hydroxylation sites is 6. The van der Waals surface area contributed by atoms with Gasteiger partial charge in [0.2, 0.25) is 0 Å². The Morgan fingerprint density at radius 3 is 1.46 bits per heavy atom. The lowest BCUT2D eigenvalue weighted by Crippen LogP contribution is -2.05. The van der Waals surface area contributed by atoms with Crippen LogP contribution in [0.2, 0.25) is 0 Å². The maximum Gasteiger partial charge on any atom is 0.154 e. The lowest BCUT2D eigenvalue weighted by atomic mass is 10.0. The first kappa shape index (κ1) is 27.7. The minimum absolute atomic E-state index is 0.866. The van der Waals surface area contributed by atoms with E-state index in [4.69, 9.17) is 4.74 Å². The second kappa shape index (κ2) is 10.3. The van der Waals surface area contributed by atoms with Gasteiger partial charge in [-0.1, -0.05) is 97.1 Å². The molecule has 0 saturated carbocycles. The molecule has 0 spiro atoms. The average molecular weight is 664 g/mol. The predicted molar refractivity (Wildman–Crippen MR) is 215 cm³/mol. The lowest BCUT2D eigenvalue weighted by molar-refractivity contribution is 0.476. The Hall–Kier alpha value is -7.04. The van der Waals surface area contributed by atoms with E-state index in [9.17, 15) is 0 Å². The van der Waals surface area contributed by atoms with E-state index >= 15 is 0 Å². The van der Waals surface area contributed by atoms with E-state index in [2.05, 4.69) is 184 Å². The molecule has 11 aromatic rings. The summed E-state index contributed by atoms with van der Waals surface area (Å²) in [6.45, 7) is 0. The van der Waals surface area contributed by atoms with Crippen LogP contribution in [0, 0.1) is 0 Å². The van der Waals surface area contributed by atoms with Crippen molar-refractivity contribution in [3.63, 3.8) is 0 Å². The summed E-state index contributed by atoms with van der Waals surface area (Å²) in [5, 5.41) is 7.36. The SMILES string of the molecule is c1ccc(-n2c3ccccc3c3cc(-c4ccc5c(c4)c4ccccc4n5-c4cc5c6c(c4)c4ccccc4n6-c4ccccc4O5)ccc32)cc1. The molecule has 0 atom stereocenters. The van der Waals surface area contributed by atoms with Crippen molar-refractivity contribution in [2.24, 2.45) is 0 Å². The van der Waals surface area contributed by atoms with Crippen molar-refractivity contribution in [2.75, 3.05) is 0 Å². The van der Waals surface area contributed by atoms with Crippen LogP contribution in [-0.2, 0) is 0 Å². The molecule has 0 bridgehead atoms. The molecule has 0 amide bonds. The first-order valence-electron chi connectivity index (χ1n) is 17.8. The molecule has 4 nitrogen and oxygen atoms in total. The van der Waals surface area contributed by atoms with Crippen LogP contribution in [0.3, 0.4) is 0 Å². The number of ether oxygens (including phenoxy) is 1. The van der Waals surface area contributed by atoms with Crippen molar-refractivity contribution >= 4 is 65.4 Å². The van der Waals surface area contributed by atoms with Crippen molar-refractivity contribution in [3.8, 4) is 39.7 Å². The zero-order valence-corrected chi connectivity index (χ0v) is 28.0. The van der Waals surface area contributed by atoms with Crippen molar-refractivity contribution in [1.82, 2.24) is 13.7 Å². The third kappa shape index (κ3) is 3.70. The molecule has 1 aliphatic rings. The topological polar surface area (TPSA) is 24.0 Å². The lowest BCUT2D eigenvalue weighted by Gasteiger charge is -2.21. The molecule has 0 aliphatic carbocycles. The standard InChI is InChI=1S/C48H29N3O/c1-2-12-32(13-3-1)49-40-17-7-4-14-34(40)37-26-30(22-24-43(37)49)31-23-25-44-38(27-31)35-15-5-8-18-41(35)50(44)33-28-39-36-16-6-9-19-42(36)51-45-20-10-11-21-46(45)52-47(29-33)48(39)51/h1-29H. The summed E-state index contributed by atoms with van der Waals surface area (Å²) >= 11 is 0. The molecule has 0 fully saturated rings. The first-order valence-corrected chi connectivity index (χ1v) is 17.8. The smallest absolute Gasteiger partial charge is 0.154 e. The van der Waals surface area contributed by atoms with Crippen LogP contribution in [0.4, 0.5) is 0 Å². The predicted octanol–water partition coefficient (Wildman–Crippen LogP) is 12.8. The Balaban J connectivity index is 1.07. The van der Waals surface area contributed by atoms with Crippen molar-refractivity contribution in [2.45, 2.75) is 0 Å². The van der Waals surface area contributed by atoms with E-state index in [0.29, 0.717) is 0 Å². The number of benzene rings is 8. The van der Waals surface area contributed by atoms with Crippen LogP contribution in [0.5, 0.6) is 11.5 Å². The highest BCUT2D eigenvalue weighted by Crippen LogP contribution is 2.47. The van der Waals surface area contributed by atoms with E-state index < -0.39 is 0 Å². The summed E-state index contributed by atoms with van der Waals surface area (Å²) in [5.74, 6) is 1.73. The molecule has 3 aromatic heterocycles. The Kier molecular flexibility index (Phi) is 5.47. The quantitative estimate of drug-likeness (QED) is 0.185. The summed E-state index contributed by atoms with van der Waals surface area (Å²) in [7, 11) is 0. The molecule has 1 aliphatic heterocycles. The number of aromatic nitrogens is 3. The van der Waals surface area contributed by atoms with Gasteiger partial charge in [-0.05, 0) is 83.9 Å². The van der Waals surface area contributed by atoms with Gasteiger partial charge in [0.25, 0.3) is 0 Å². The maximum atomic E-state index is 6.68. The molecule has 242 valence electrons. The highest BCUT2D eigenvalue weighted by Gasteiger charge is 2.25. The molecule has 4 heterocycles. The summed E-state index contributed by atoms with van der Waals surface area (Å²) in [4.78, 5) is 0. The van der Waals surface area contributed by atoms with E-state index in [1.165, 1.54) is 76.7 Å². The van der Waals surface area contributed by atoms with Crippen molar-refractivity contribution in [3.05, 3.63) is 176 Å². The normalized spacial score (nSPS) is 12.4. The van der Waals surface area contributed by atoms with Crippen LogP contribution < -0.4 is 4.74 Å². The van der Waals surface area contributed by atoms with Gasteiger partial charge in [-0.25, -0.2) is 0 Å². The second-order valence-electron chi connectivity index (χ2n) is 13.8. The van der Waals surface area contributed by atoms with Crippen molar-refractivity contribution in [1.29, 1.82) is 0 Å². The van der Waals surface area contributed by atoms with Crippen LogP contribution in [0.25, 0.3) is 93.6 Å². The summed E-state index contributed by atoms with van der Waals surface area (Å²) in [5.41, 5.74) is 12.8. The van der Waals surface area contributed by atoms with Gasteiger partial charge in [-0.2, -0.15) is 0 Å². The minimum atomic E-state index is 0.866. The third-order valence-corrected chi connectivity index (χ3v) is 11.0. The molecule has 0 N–H and O–H groups in total. The fourth-order valence-electron chi connectivity index (χ4n) is 8.79. The molecule has 0 radical (unpaired) electrons. The highest BCUT2D eigenvalue weighted by molar-refractivity contribution is 6.15. The van der Waals surface area contributed by atoms with Gasteiger partial charge < -0.3 is 18.4 Å². The first-order chi connectivity index (χ1) is 25.8. The monoisotopic (exact) mass is 663 g/mol. The number of nitrogens with zero attached hydrogens (tertiary/aromatic N) is 3. The number of hydrogen-bond donors (Lipinski definition) is 0. The zero-order valence-electron chi connectivity index (χ0n) is 28.0. The number of fused-ring (bicyclic) bond motifs is 11. The van der Waals surface area contributed by atoms with E-state index in [0.717, 1.165) is 28.4 Å². The molecule has 0 saturated heterocycles. The molecule has 8 aromatic carbocycles. The van der Waals surface area contributed by atoms with Gasteiger partial charge in [0.05, 0.1) is 44.5 Å².